The zero-order valence-corrected chi connectivity index (χ0v) is 18.7. The summed E-state index contributed by atoms with van der Waals surface area (Å²) in [6, 6.07) is 0. The Kier molecular flexibility index (Phi) is 18.8. The first-order valence-electron chi connectivity index (χ1n) is 10.7. The highest BCUT2D eigenvalue weighted by Crippen LogP contribution is 2.16. The van der Waals surface area contributed by atoms with Gasteiger partial charge >= 0.3 is 5.97 Å². The highest BCUT2D eigenvalue weighted by Gasteiger charge is 1.96. The summed E-state index contributed by atoms with van der Waals surface area (Å²) >= 11 is 3.57. The lowest BCUT2D eigenvalue weighted by Crippen LogP contribution is -1.92. The number of unbranched alkanes of at least 4 members (excludes halogenated alkanes) is 9. The summed E-state index contributed by atoms with van der Waals surface area (Å²) < 4.78 is 1.20. The van der Waals surface area contributed by atoms with E-state index < -0.39 is 5.97 Å². The van der Waals surface area contributed by atoms with Crippen LogP contribution in [-0.4, -0.2) is 11.1 Å². The van der Waals surface area contributed by atoms with E-state index in [0.29, 0.717) is 0 Å². The Hall–Kier alpha value is -0.570. The molecule has 0 fully saturated rings. The SMILES string of the molecule is CC(C)CCCCCCCCCCC=CCCC(Br)=CCCCC(=O)O. The Morgan fingerprint density at radius 1 is 0.808 bits per heavy atom. The molecule has 0 bridgehead atoms. The van der Waals surface area contributed by atoms with Gasteiger partial charge in [0.25, 0.3) is 0 Å². The van der Waals surface area contributed by atoms with Crippen molar-refractivity contribution in [3.05, 3.63) is 22.7 Å². The van der Waals surface area contributed by atoms with Gasteiger partial charge in [-0.15, -0.1) is 0 Å². The molecular formula is C23H41BrO2. The van der Waals surface area contributed by atoms with Crippen molar-refractivity contribution in [2.75, 3.05) is 0 Å². The molecule has 152 valence electrons. The number of carboxylic acid groups (broad SMARTS) is 1. The van der Waals surface area contributed by atoms with Gasteiger partial charge in [0.05, 0.1) is 0 Å². The number of halogens is 1. The summed E-state index contributed by atoms with van der Waals surface area (Å²) in [4.78, 5) is 10.4. The first-order valence-corrected chi connectivity index (χ1v) is 11.5. The molecule has 0 aromatic rings. The molecular weight excluding hydrogens is 388 g/mol. The van der Waals surface area contributed by atoms with Crippen LogP contribution in [0.2, 0.25) is 0 Å². The van der Waals surface area contributed by atoms with Gasteiger partial charge in [0.15, 0.2) is 0 Å². The van der Waals surface area contributed by atoms with E-state index in [1.807, 2.05) is 0 Å². The molecule has 26 heavy (non-hydrogen) atoms. The topological polar surface area (TPSA) is 37.3 Å². The fourth-order valence-electron chi connectivity index (χ4n) is 2.95. The molecule has 0 aromatic heterocycles. The minimum atomic E-state index is -0.709. The van der Waals surface area contributed by atoms with E-state index in [-0.39, 0.29) is 6.42 Å². The Bertz CT molecular complexity index is 386. The normalized spacial score (nSPS) is 12.4. The van der Waals surface area contributed by atoms with Gasteiger partial charge in [-0.1, -0.05) is 99.4 Å². The highest BCUT2D eigenvalue weighted by atomic mass is 79.9. The maximum atomic E-state index is 10.4. The molecule has 0 spiro atoms. The van der Waals surface area contributed by atoms with Crippen LogP contribution in [0, 0.1) is 5.92 Å². The molecule has 0 aliphatic heterocycles. The zero-order valence-electron chi connectivity index (χ0n) is 17.1. The summed E-state index contributed by atoms with van der Waals surface area (Å²) in [6.45, 7) is 4.63. The van der Waals surface area contributed by atoms with Crippen LogP contribution in [0.1, 0.15) is 110 Å². The van der Waals surface area contributed by atoms with Crippen molar-refractivity contribution >= 4 is 21.9 Å². The lowest BCUT2D eigenvalue weighted by Gasteiger charge is -2.04. The summed E-state index contributed by atoms with van der Waals surface area (Å²) in [6.07, 6.45) is 24.4. The zero-order chi connectivity index (χ0) is 19.5. The molecule has 2 nitrogen and oxygen atoms in total. The lowest BCUT2D eigenvalue weighted by atomic mass is 10.0. The number of carboxylic acids is 1. The molecule has 0 saturated carbocycles. The Morgan fingerprint density at radius 2 is 1.38 bits per heavy atom. The van der Waals surface area contributed by atoms with Crippen molar-refractivity contribution in [2.24, 2.45) is 5.92 Å². The third-order valence-electron chi connectivity index (χ3n) is 4.58. The van der Waals surface area contributed by atoms with E-state index in [1.54, 1.807) is 0 Å². The number of carbonyl (C=O) groups is 1. The van der Waals surface area contributed by atoms with Crippen molar-refractivity contribution in [1.82, 2.24) is 0 Å². The molecule has 0 unspecified atom stereocenters. The van der Waals surface area contributed by atoms with Gasteiger partial charge in [0, 0.05) is 6.42 Å². The molecule has 0 amide bonds. The number of rotatable bonds is 18. The second kappa shape index (κ2) is 19.2. The van der Waals surface area contributed by atoms with E-state index in [1.165, 1.54) is 68.7 Å². The maximum absolute atomic E-state index is 10.4. The predicted molar refractivity (Wildman–Crippen MR) is 118 cm³/mol. The largest absolute Gasteiger partial charge is 0.481 e. The smallest absolute Gasteiger partial charge is 0.303 e. The van der Waals surface area contributed by atoms with E-state index >= 15 is 0 Å². The van der Waals surface area contributed by atoms with Crippen LogP contribution in [0.4, 0.5) is 0 Å². The van der Waals surface area contributed by atoms with Crippen molar-refractivity contribution in [2.45, 2.75) is 110 Å². The van der Waals surface area contributed by atoms with E-state index in [0.717, 1.165) is 31.6 Å². The molecule has 0 radical (unpaired) electrons. The van der Waals surface area contributed by atoms with Crippen LogP contribution in [0.3, 0.4) is 0 Å². The molecule has 0 saturated heterocycles. The molecule has 0 heterocycles. The molecule has 0 aliphatic carbocycles. The van der Waals surface area contributed by atoms with Gasteiger partial charge in [-0.25, -0.2) is 0 Å². The van der Waals surface area contributed by atoms with Crippen molar-refractivity contribution in [3.8, 4) is 0 Å². The Balaban J connectivity index is 3.33. The summed E-state index contributed by atoms with van der Waals surface area (Å²) in [5.74, 6) is 0.156. The fourth-order valence-corrected chi connectivity index (χ4v) is 3.40. The molecule has 3 heteroatoms. The molecule has 0 atom stereocenters. The number of hydrogen-bond acceptors (Lipinski definition) is 1. The molecule has 1 N–H and O–H groups in total. The summed E-state index contributed by atoms with van der Waals surface area (Å²) in [5.41, 5.74) is 0. The highest BCUT2D eigenvalue weighted by molar-refractivity contribution is 9.11. The Labute approximate surface area is 170 Å². The van der Waals surface area contributed by atoms with Gasteiger partial charge in [0.1, 0.15) is 0 Å². The average molecular weight is 429 g/mol. The van der Waals surface area contributed by atoms with E-state index in [4.69, 9.17) is 5.11 Å². The second-order valence-electron chi connectivity index (χ2n) is 7.75. The van der Waals surface area contributed by atoms with Crippen LogP contribution >= 0.6 is 15.9 Å². The van der Waals surface area contributed by atoms with Crippen LogP contribution in [-0.2, 0) is 4.79 Å². The number of hydrogen-bond donors (Lipinski definition) is 1. The quantitative estimate of drug-likeness (QED) is 0.175. The average Bonchev–Trinajstić information content (AvgIpc) is 2.58. The first kappa shape index (κ1) is 25.4. The van der Waals surface area contributed by atoms with Crippen molar-refractivity contribution in [3.63, 3.8) is 0 Å². The van der Waals surface area contributed by atoms with E-state index in [2.05, 4.69) is 48.0 Å². The van der Waals surface area contributed by atoms with Gasteiger partial charge in [-0.3, -0.25) is 4.79 Å². The van der Waals surface area contributed by atoms with Crippen LogP contribution in [0.25, 0.3) is 0 Å². The minimum Gasteiger partial charge on any atom is -0.481 e. The standard InChI is InChI=1S/C23H41BrO2/c1-21(2)17-13-11-9-7-5-3-4-6-8-10-12-14-18-22(24)19-15-16-20-23(25)26/h10,12,19,21H,3-9,11,13-18,20H2,1-2H3,(H,25,26). The van der Waals surface area contributed by atoms with Crippen LogP contribution in [0.5, 0.6) is 0 Å². The minimum absolute atomic E-state index is 0.259. The van der Waals surface area contributed by atoms with Gasteiger partial charge in [-0.05, 0) is 48.9 Å². The molecule has 0 aromatic carbocycles. The molecule has 0 rings (SSSR count). The summed E-state index contributed by atoms with van der Waals surface area (Å²) in [7, 11) is 0. The third kappa shape index (κ3) is 21.5. The first-order chi connectivity index (χ1) is 12.5. The van der Waals surface area contributed by atoms with Crippen molar-refractivity contribution in [1.29, 1.82) is 0 Å². The predicted octanol–water partition coefficient (Wildman–Crippen LogP) is 8.41. The van der Waals surface area contributed by atoms with Gasteiger partial charge in [-0.2, -0.15) is 0 Å². The van der Waals surface area contributed by atoms with Crippen LogP contribution < -0.4 is 0 Å². The van der Waals surface area contributed by atoms with E-state index in [9.17, 15) is 4.79 Å². The maximum Gasteiger partial charge on any atom is 0.303 e. The third-order valence-corrected chi connectivity index (χ3v) is 5.30. The molecule has 0 aliphatic rings. The van der Waals surface area contributed by atoms with Gasteiger partial charge in [0.2, 0.25) is 0 Å². The number of allylic oxidation sites excluding steroid dienone is 4. The fraction of sp³-hybridized carbons (Fsp3) is 0.783. The van der Waals surface area contributed by atoms with Crippen LogP contribution in [0.15, 0.2) is 22.7 Å². The second-order valence-corrected chi connectivity index (χ2v) is 8.77. The van der Waals surface area contributed by atoms with Crippen molar-refractivity contribution < 1.29 is 9.90 Å². The monoisotopic (exact) mass is 428 g/mol. The Morgan fingerprint density at radius 3 is 2.00 bits per heavy atom. The van der Waals surface area contributed by atoms with Gasteiger partial charge < -0.3 is 5.11 Å². The summed E-state index contributed by atoms with van der Waals surface area (Å²) in [5, 5.41) is 8.59. The lowest BCUT2D eigenvalue weighted by molar-refractivity contribution is -0.137. The number of aliphatic carboxylic acids is 1.